The SMILES string of the molecule is C=CCCc1cnoc1. The summed E-state index contributed by atoms with van der Waals surface area (Å²) in [5, 5.41) is 3.57. The molecule has 0 saturated heterocycles. The molecule has 0 spiro atoms. The summed E-state index contributed by atoms with van der Waals surface area (Å²) in [5.41, 5.74) is 1.13. The molecule has 0 amide bonds. The molecule has 1 rings (SSSR count). The fraction of sp³-hybridized carbons (Fsp3) is 0.286. The minimum atomic E-state index is 0.979. The summed E-state index contributed by atoms with van der Waals surface area (Å²) in [5.74, 6) is 0. The van der Waals surface area contributed by atoms with Crippen LogP contribution in [0.3, 0.4) is 0 Å². The molecule has 9 heavy (non-hydrogen) atoms. The maximum Gasteiger partial charge on any atom is 0.126 e. The second-order valence-electron chi connectivity index (χ2n) is 1.86. The van der Waals surface area contributed by atoms with Crippen LogP contribution in [0.4, 0.5) is 0 Å². The van der Waals surface area contributed by atoms with Gasteiger partial charge in [0.05, 0.1) is 6.20 Å². The van der Waals surface area contributed by atoms with Crippen molar-refractivity contribution in [3.63, 3.8) is 0 Å². The molecule has 0 N–H and O–H groups in total. The van der Waals surface area contributed by atoms with Crippen LogP contribution < -0.4 is 0 Å². The van der Waals surface area contributed by atoms with Gasteiger partial charge in [0, 0.05) is 5.56 Å². The van der Waals surface area contributed by atoms with E-state index in [2.05, 4.69) is 16.3 Å². The topological polar surface area (TPSA) is 26.0 Å². The third kappa shape index (κ3) is 1.72. The minimum absolute atomic E-state index is 0.979. The van der Waals surface area contributed by atoms with E-state index in [0.29, 0.717) is 0 Å². The largest absolute Gasteiger partial charge is 0.364 e. The smallest absolute Gasteiger partial charge is 0.126 e. The van der Waals surface area contributed by atoms with Crippen LogP contribution in [-0.4, -0.2) is 5.16 Å². The second kappa shape index (κ2) is 3.07. The molecule has 0 aliphatic rings. The number of nitrogens with zero attached hydrogens (tertiary/aromatic N) is 1. The number of aryl methyl sites for hydroxylation is 1. The molecule has 0 aromatic carbocycles. The highest BCUT2D eigenvalue weighted by Crippen LogP contribution is 2.00. The first kappa shape index (κ1) is 6.08. The minimum Gasteiger partial charge on any atom is -0.364 e. The zero-order chi connectivity index (χ0) is 6.53. The molecule has 0 fully saturated rings. The summed E-state index contributed by atoms with van der Waals surface area (Å²) in [6.45, 7) is 3.61. The van der Waals surface area contributed by atoms with Gasteiger partial charge in [0.25, 0.3) is 0 Å². The number of rotatable bonds is 3. The molecule has 0 aliphatic carbocycles. The number of allylic oxidation sites excluding steroid dienone is 1. The average Bonchev–Trinajstić information content (AvgIpc) is 2.34. The Morgan fingerprint density at radius 2 is 2.67 bits per heavy atom. The van der Waals surface area contributed by atoms with Gasteiger partial charge in [-0.2, -0.15) is 0 Å². The van der Waals surface area contributed by atoms with E-state index in [4.69, 9.17) is 0 Å². The Balaban J connectivity index is 2.38. The second-order valence-corrected chi connectivity index (χ2v) is 1.86. The van der Waals surface area contributed by atoms with Crippen molar-refractivity contribution in [2.75, 3.05) is 0 Å². The summed E-state index contributed by atoms with van der Waals surface area (Å²) < 4.78 is 4.63. The standard InChI is InChI=1S/C7H9NO/c1-2-3-4-7-5-8-9-6-7/h2,5-6H,1,3-4H2. The third-order valence-electron chi connectivity index (χ3n) is 1.12. The lowest BCUT2D eigenvalue weighted by molar-refractivity contribution is 0.419. The van der Waals surface area contributed by atoms with Crippen molar-refractivity contribution in [2.24, 2.45) is 0 Å². The number of aromatic nitrogens is 1. The van der Waals surface area contributed by atoms with Crippen LogP contribution in [0.25, 0.3) is 0 Å². The van der Waals surface area contributed by atoms with E-state index in [9.17, 15) is 0 Å². The Kier molecular flexibility index (Phi) is 2.07. The van der Waals surface area contributed by atoms with E-state index in [1.807, 2.05) is 6.08 Å². The van der Waals surface area contributed by atoms with E-state index < -0.39 is 0 Å². The van der Waals surface area contributed by atoms with Gasteiger partial charge in [-0.3, -0.25) is 0 Å². The van der Waals surface area contributed by atoms with Gasteiger partial charge in [-0.1, -0.05) is 11.2 Å². The van der Waals surface area contributed by atoms with E-state index >= 15 is 0 Å². The maximum atomic E-state index is 4.63. The first-order valence-corrected chi connectivity index (χ1v) is 2.92. The molecule has 1 heterocycles. The van der Waals surface area contributed by atoms with Gasteiger partial charge in [0.15, 0.2) is 0 Å². The van der Waals surface area contributed by atoms with Crippen LogP contribution >= 0.6 is 0 Å². The lowest BCUT2D eigenvalue weighted by atomic mass is 10.2. The molecule has 0 unspecified atom stereocenters. The summed E-state index contributed by atoms with van der Waals surface area (Å²) >= 11 is 0. The maximum absolute atomic E-state index is 4.63. The predicted molar refractivity (Wildman–Crippen MR) is 35.0 cm³/mol. The van der Waals surface area contributed by atoms with Crippen molar-refractivity contribution in [3.05, 3.63) is 30.7 Å². The summed E-state index contributed by atoms with van der Waals surface area (Å²) in [6.07, 6.45) is 7.23. The van der Waals surface area contributed by atoms with Crippen LogP contribution in [0.5, 0.6) is 0 Å². The van der Waals surface area contributed by atoms with Gasteiger partial charge in [-0.05, 0) is 12.8 Å². The fourth-order valence-corrected chi connectivity index (χ4v) is 0.619. The summed E-state index contributed by atoms with van der Waals surface area (Å²) in [4.78, 5) is 0. The molecule has 0 radical (unpaired) electrons. The summed E-state index contributed by atoms with van der Waals surface area (Å²) in [6, 6.07) is 0. The Morgan fingerprint density at radius 1 is 1.78 bits per heavy atom. The normalized spacial score (nSPS) is 9.33. The lowest BCUT2D eigenvalue weighted by Crippen LogP contribution is -1.75. The first-order valence-electron chi connectivity index (χ1n) is 2.92. The molecule has 2 nitrogen and oxygen atoms in total. The van der Waals surface area contributed by atoms with Crippen molar-refractivity contribution < 1.29 is 4.52 Å². The highest BCUT2D eigenvalue weighted by molar-refractivity contribution is 5.00. The lowest BCUT2D eigenvalue weighted by Gasteiger charge is -1.85. The van der Waals surface area contributed by atoms with Gasteiger partial charge in [-0.15, -0.1) is 6.58 Å². The van der Waals surface area contributed by atoms with Gasteiger partial charge < -0.3 is 4.52 Å². The predicted octanol–water partition coefficient (Wildman–Crippen LogP) is 1.79. The van der Waals surface area contributed by atoms with Crippen LogP contribution in [-0.2, 0) is 6.42 Å². The zero-order valence-corrected chi connectivity index (χ0v) is 5.21. The Bertz CT molecular complexity index is 167. The molecule has 0 bridgehead atoms. The highest BCUT2D eigenvalue weighted by Gasteiger charge is 1.90. The van der Waals surface area contributed by atoms with Gasteiger partial charge in [0.2, 0.25) is 0 Å². The molecule has 2 heteroatoms. The Labute approximate surface area is 54.2 Å². The molecule has 1 aromatic rings. The van der Waals surface area contributed by atoms with E-state index in [1.165, 1.54) is 0 Å². The monoisotopic (exact) mass is 123 g/mol. The van der Waals surface area contributed by atoms with E-state index in [0.717, 1.165) is 18.4 Å². The highest BCUT2D eigenvalue weighted by atomic mass is 16.5. The number of hydrogen-bond donors (Lipinski definition) is 0. The molecule has 0 saturated carbocycles. The third-order valence-corrected chi connectivity index (χ3v) is 1.12. The van der Waals surface area contributed by atoms with Gasteiger partial charge in [0.1, 0.15) is 6.26 Å². The molecule has 0 atom stereocenters. The van der Waals surface area contributed by atoms with Crippen molar-refractivity contribution >= 4 is 0 Å². The van der Waals surface area contributed by atoms with Crippen LogP contribution in [0.1, 0.15) is 12.0 Å². The van der Waals surface area contributed by atoms with Gasteiger partial charge >= 0.3 is 0 Å². The molecule has 1 aromatic heterocycles. The molecular weight excluding hydrogens is 114 g/mol. The Morgan fingerprint density at radius 3 is 3.22 bits per heavy atom. The van der Waals surface area contributed by atoms with Crippen molar-refractivity contribution in [1.29, 1.82) is 0 Å². The van der Waals surface area contributed by atoms with Crippen molar-refractivity contribution in [3.8, 4) is 0 Å². The first-order chi connectivity index (χ1) is 4.43. The van der Waals surface area contributed by atoms with E-state index in [-0.39, 0.29) is 0 Å². The van der Waals surface area contributed by atoms with E-state index in [1.54, 1.807) is 12.5 Å². The van der Waals surface area contributed by atoms with Crippen LogP contribution in [0.15, 0.2) is 29.6 Å². The summed E-state index contributed by atoms with van der Waals surface area (Å²) in [7, 11) is 0. The fourth-order valence-electron chi connectivity index (χ4n) is 0.619. The van der Waals surface area contributed by atoms with Crippen LogP contribution in [0, 0.1) is 0 Å². The molecule has 0 aliphatic heterocycles. The quantitative estimate of drug-likeness (QED) is 0.573. The van der Waals surface area contributed by atoms with Crippen molar-refractivity contribution in [2.45, 2.75) is 12.8 Å². The molecular formula is C7H9NO. The Hall–Kier alpha value is -1.05. The zero-order valence-electron chi connectivity index (χ0n) is 5.21. The van der Waals surface area contributed by atoms with Crippen LogP contribution in [0.2, 0.25) is 0 Å². The van der Waals surface area contributed by atoms with Gasteiger partial charge in [-0.25, -0.2) is 0 Å². The average molecular weight is 123 g/mol. The number of hydrogen-bond acceptors (Lipinski definition) is 2. The molecule has 48 valence electrons. The van der Waals surface area contributed by atoms with Crippen molar-refractivity contribution in [1.82, 2.24) is 5.16 Å².